The van der Waals surface area contributed by atoms with Gasteiger partial charge in [-0.3, -0.25) is 19.3 Å². The minimum absolute atomic E-state index is 0.161. The quantitative estimate of drug-likeness (QED) is 0.650. The van der Waals surface area contributed by atoms with E-state index in [0.29, 0.717) is 17.7 Å². The largest absolute Gasteiger partial charge is 0.349 e. The summed E-state index contributed by atoms with van der Waals surface area (Å²) in [6.07, 6.45) is 4.56. The zero-order valence-corrected chi connectivity index (χ0v) is 16.2. The van der Waals surface area contributed by atoms with Gasteiger partial charge >= 0.3 is 6.03 Å². The Balaban J connectivity index is 1.67. The maximum Gasteiger partial charge on any atom is 0.325 e. The van der Waals surface area contributed by atoms with Crippen molar-refractivity contribution < 1.29 is 19.2 Å². The van der Waals surface area contributed by atoms with Gasteiger partial charge in [0.2, 0.25) is 5.91 Å². The first-order valence-electron chi connectivity index (χ1n) is 9.68. The average molecular weight is 386 g/mol. The number of hydrogen-bond donors (Lipinski definition) is 3. The molecule has 1 aromatic carbocycles. The van der Waals surface area contributed by atoms with Crippen molar-refractivity contribution in [2.24, 2.45) is 0 Å². The van der Waals surface area contributed by atoms with Gasteiger partial charge in [0.1, 0.15) is 12.1 Å². The zero-order valence-electron chi connectivity index (χ0n) is 16.2. The van der Waals surface area contributed by atoms with E-state index in [1.165, 1.54) is 0 Å². The van der Waals surface area contributed by atoms with Crippen LogP contribution >= 0.6 is 0 Å². The maximum absolute atomic E-state index is 12.6. The summed E-state index contributed by atoms with van der Waals surface area (Å²) in [6, 6.07) is 6.28. The fraction of sp³-hybridized carbons (Fsp3) is 0.500. The number of nitrogens with zero attached hydrogens (tertiary/aromatic N) is 1. The minimum Gasteiger partial charge on any atom is -0.349 e. The number of hydrogen-bond acceptors (Lipinski definition) is 4. The van der Waals surface area contributed by atoms with Gasteiger partial charge in [0, 0.05) is 6.04 Å². The second kappa shape index (κ2) is 8.00. The Kier molecular flexibility index (Phi) is 5.67. The van der Waals surface area contributed by atoms with Crippen LogP contribution < -0.4 is 16.0 Å². The lowest BCUT2D eigenvalue weighted by atomic mass is 9.99. The number of para-hydroxylation sites is 1. The molecule has 0 radical (unpaired) electrons. The van der Waals surface area contributed by atoms with Gasteiger partial charge in [-0.15, -0.1) is 0 Å². The normalized spacial score (nSPS) is 22.3. The van der Waals surface area contributed by atoms with Crippen LogP contribution in [0.15, 0.2) is 24.3 Å². The summed E-state index contributed by atoms with van der Waals surface area (Å²) < 4.78 is 0. The summed E-state index contributed by atoms with van der Waals surface area (Å²) in [5, 5.41) is 8.26. The molecule has 8 heteroatoms. The number of carbonyl (C=O) groups excluding carboxylic acids is 4. The third-order valence-electron chi connectivity index (χ3n) is 5.49. The second-order valence-electron chi connectivity index (χ2n) is 7.56. The van der Waals surface area contributed by atoms with Gasteiger partial charge in [-0.2, -0.15) is 0 Å². The number of benzene rings is 1. The molecule has 1 saturated heterocycles. The number of anilines is 1. The molecule has 1 aliphatic heterocycles. The Morgan fingerprint density at radius 1 is 1.21 bits per heavy atom. The van der Waals surface area contributed by atoms with Crippen LogP contribution in [0.3, 0.4) is 0 Å². The lowest BCUT2D eigenvalue weighted by Crippen LogP contribution is -2.44. The van der Waals surface area contributed by atoms with Crippen molar-refractivity contribution in [2.45, 2.75) is 57.5 Å². The lowest BCUT2D eigenvalue weighted by molar-refractivity contribution is -0.133. The van der Waals surface area contributed by atoms with Crippen molar-refractivity contribution in [1.82, 2.24) is 15.5 Å². The van der Waals surface area contributed by atoms with Crippen LogP contribution in [-0.2, 0) is 9.59 Å². The first kappa shape index (κ1) is 19.9. The van der Waals surface area contributed by atoms with E-state index in [2.05, 4.69) is 16.0 Å². The molecule has 1 unspecified atom stereocenters. The number of nitrogens with one attached hydrogen (secondary N) is 3. The molecule has 0 aromatic heterocycles. The Morgan fingerprint density at radius 2 is 1.89 bits per heavy atom. The molecular weight excluding hydrogens is 360 g/mol. The van der Waals surface area contributed by atoms with Crippen LogP contribution in [0.25, 0.3) is 0 Å². The number of rotatable bonds is 6. The maximum atomic E-state index is 12.6. The van der Waals surface area contributed by atoms with Gasteiger partial charge in [-0.05, 0) is 38.3 Å². The van der Waals surface area contributed by atoms with Crippen molar-refractivity contribution >= 4 is 29.4 Å². The van der Waals surface area contributed by atoms with Crippen molar-refractivity contribution in [2.75, 3.05) is 11.9 Å². The monoisotopic (exact) mass is 386 g/mol. The van der Waals surface area contributed by atoms with Gasteiger partial charge in [0.15, 0.2) is 0 Å². The van der Waals surface area contributed by atoms with E-state index in [1.54, 1.807) is 38.1 Å². The smallest absolute Gasteiger partial charge is 0.325 e. The Labute approximate surface area is 164 Å². The first-order chi connectivity index (χ1) is 13.3. The average Bonchev–Trinajstić information content (AvgIpc) is 3.25. The molecule has 150 valence electrons. The van der Waals surface area contributed by atoms with Crippen LogP contribution in [0, 0.1) is 0 Å². The molecule has 8 nitrogen and oxygen atoms in total. The van der Waals surface area contributed by atoms with Gasteiger partial charge in [0.25, 0.3) is 11.8 Å². The van der Waals surface area contributed by atoms with E-state index in [1.807, 2.05) is 0 Å². The van der Waals surface area contributed by atoms with Gasteiger partial charge in [-0.1, -0.05) is 31.9 Å². The first-order valence-corrected chi connectivity index (χ1v) is 9.68. The lowest BCUT2D eigenvalue weighted by Gasteiger charge is -2.19. The zero-order chi connectivity index (χ0) is 20.3. The van der Waals surface area contributed by atoms with Gasteiger partial charge < -0.3 is 16.0 Å². The van der Waals surface area contributed by atoms with Gasteiger partial charge in [-0.25, -0.2) is 4.79 Å². The molecule has 1 saturated carbocycles. The Bertz CT molecular complexity index is 803. The fourth-order valence-corrected chi connectivity index (χ4v) is 3.59. The summed E-state index contributed by atoms with van der Waals surface area (Å²) >= 11 is 0. The van der Waals surface area contributed by atoms with E-state index < -0.39 is 29.9 Å². The highest BCUT2D eigenvalue weighted by molar-refractivity contribution is 6.10. The molecule has 0 bridgehead atoms. The molecule has 1 heterocycles. The summed E-state index contributed by atoms with van der Waals surface area (Å²) in [5.41, 5.74) is -0.275. The molecule has 3 rings (SSSR count). The number of imide groups is 1. The van der Waals surface area contributed by atoms with Crippen molar-refractivity contribution in [3.05, 3.63) is 29.8 Å². The van der Waals surface area contributed by atoms with E-state index >= 15 is 0 Å². The summed E-state index contributed by atoms with van der Waals surface area (Å²) in [5.74, 6) is -1.20. The van der Waals surface area contributed by atoms with Crippen LogP contribution in [0.4, 0.5) is 10.5 Å². The van der Waals surface area contributed by atoms with Crippen LogP contribution in [0.5, 0.6) is 0 Å². The molecule has 5 amide bonds. The SMILES string of the molecule is CCC1(C)NC(=O)N(CC(=O)Nc2ccccc2C(=O)NC2CCCC2)C1=O. The highest BCUT2D eigenvalue weighted by Crippen LogP contribution is 2.22. The topological polar surface area (TPSA) is 108 Å². The number of urea groups is 1. The predicted octanol–water partition coefficient (Wildman–Crippen LogP) is 2.02. The molecule has 0 spiro atoms. The molecule has 1 aromatic rings. The van der Waals surface area contributed by atoms with Gasteiger partial charge in [0.05, 0.1) is 11.3 Å². The van der Waals surface area contributed by atoms with Crippen LogP contribution in [0.1, 0.15) is 56.3 Å². The highest BCUT2D eigenvalue weighted by Gasteiger charge is 2.47. The summed E-state index contributed by atoms with van der Waals surface area (Å²) in [4.78, 5) is 50.4. The van der Waals surface area contributed by atoms with E-state index in [-0.39, 0.29) is 11.9 Å². The van der Waals surface area contributed by atoms with Crippen LogP contribution in [0.2, 0.25) is 0 Å². The van der Waals surface area contributed by atoms with Crippen LogP contribution in [-0.4, -0.2) is 46.8 Å². The highest BCUT2D eigenvalue weighted by atomic mass is 16.2. The fourth-order valence-electron chi connectivity index (χ4n) is 3.59. The molecule has 2 aliphatic rings. The minimum atomic E-state index is -0.990. The van der Waals surface area contributed by atoms with E-state index in [4.69, 9.17) is 0 Å². The number of carbonyl (C=O) groups is 4. The second-order valence-corrected chi connectivity index (χ2v) is 7.56. The molecule has 2 fully saturated rings. The Morgan fingerprint density at radius 3 is 2.54 bits per heavy atom. The molecule has 28 heavy (non-hydrogen) atoms. The molecule has 3 N–H and O–H groups in total. The molecule has 1 aliphatic carbocycles. The third-order valence-corrected chi connectivity index (χ3v) is 5.49. The molecular formula is C20H26N4O4. The predicted molar refractivity (Wildman–Crippen MR) is 104 cm³/mol. The third kappa shape index (κ3) is 4.00. The van der Waals surface area contributed by atoms with Crippen molar-refractivity contribution in [1.29, 1.82) is 0 Å². The van der Waals surface area contributed by atoms with E-state index in [0.717, 1.165) is 30.6 Å². The van der Waals surface area contributed by atoms with E-state index in [9.17, 15) is 19.2 Å². The Hall–Kier alpha value is -2.90. The number of amides is 5. The summed E-state index contributed by atoms with van der Waals surface area (Å²) in [7, 11) is 0. The van der Waals surface area contributed by atoms with Crippen molar-refractivity contribution in [3.63, 3.8) is 0 Å². The molecule has 1 atom stereocenters. The summed E-state index contributed by atoms with van der Waals surface area (Å²) in [6.45, 7) is 3.02. The standard InChI is InChI=1S/C20H26N4O4/c1-3-20(2)18(27)24(19(28)23-20)12-16(25)22-15-11-7-6-10-14(15)17(26)21-13-8-4-5-9-13/h6-7,10-11,13H,3-5,8-9,12H2,1-2H3,(H,21,26)(H,22,25)(H,23,28). The van der Waals surface area contributed by atoms with Crippen molar-refractivity contribution in [3.8, 4) is 0 Å².